The van der Waals surface area contributed by atoms with Gasteiger partial charge in [0.25, 0.3) is 5.91 Å². The van der Waals surface area contributed by atoms with Crippen LogP contribution in [0.4, 0.5) is 16.3 Å². The first-order valence-corrected chi connectivity index (χ1v) is 10.7. The van der Waals surface area contributed by atoms with Gasteiger partial charge in [-0.25, -0.2) is 9.78 Å². The van der Waals surface area contributed by atoms with Gasteiger partial charge in [0.05, 0.1) is 17.6 Å². The first-order valence-electron chi connectivity index (χ1n) is 10.7. The van der Waals surface area contributed by atoms with E-state index in [1.165, 1.54) is 0 Å². The minimum absolute atomic E-state index is 0.147. The summed E-state index contributed by atoms with van der Waals surface area (Å²) in [6.45, 7) is 3.13. The summed E-state index contributed by atoms with van der Waals surface area (Å²) in [4.78, 5) is 33.6. The van der Waals surface area contributed by atoms with E-state index in [1.807, 2.05) is 54.6 Å². The second-order valence-electron chi connectivity index (χ2n) is 7.86. The van der Waals surface area contributed by atoms with Gasteiger partial charge in [-0.15, -0.1) is 0 Å². The zero-order chi connectivity index (χ0) is 21.2. The van der Waals surface area contributed by atoms with Crippen LogP contribution in [0.3, 0.4) is 0 Å². The zero-order valence-corrected chi connectivity index (χ0v) is 17.2. The number of ether oxygens (including phenoxy) is 1. The fourth-order valence-electron chi connectivity index (χ4n) is 4.18. The van der Waals surface area contributed by atoms with Gasteiger partial charge in [-0.1, -0.05) is 30.3 Å². The molecule has 2 aromatic carbocycles. The molecule has 2 saturated heterocycles. The number of aromatic nitrogens is 1. The number of hydrogen-bond acceptors (Lipinski definition) is 5. The standard InChI is InChI=1S/C24H24N4O3/c29-23(25-16-17-6-5-8-19(14-17)28-12-13-31-24(28)30)20-15-18-7-1-2-9-21(18)26-22(20)27-10-3-4-11-27/h1-2,5-9,14-15H,3-4,10-13,16H2,(H,25,29). The Morgan fingerprint density at radius 3 is 2.68 bits per heavy atom. The summed E-state index contributed by atoms with van der Waals surface area (Å²) in [6, 6.07) is 17.4. The summed E-state index contributed by atoms with van der Waals surface area (Å²) >= 11 is 0. The van der Waals surface area contributed by atoms with E-state index < -0.39 is 0 Å². The molecule has 0 bridgehead atoms. The van der Waals surface area contributed by atoms with Gasteiger partial charge in [0, 0.05) is 30.7 Å². The number of carbonyl (C=O) groups excluding carboxylic acids is 2. The Morgan fingerprint density at radius 2 is 1.87 bits per heavy atom. The third kappa shape index (κ3) is 3.91. The van der Waals surface area contributed by atoms with Crippen LogP contribution in [0.15, 0.2) is 54.6 Å². The lowest BCUT2D eigenvalue weighted by atomic mass is 10.1. The van der Waals surface area contributed by atoms with E-state index in [4.69, 9.17) is 9.72 Å². The molecule has 2 amide bonds. The molecule has 2 aliphatic heterocycles. The second kappa shape index (κ2) is 8.26. The molecule has 0 aliphatic carbocycles. The van der Waals surface area contributed by atoms with E-state index in [1.54, 1.807) is 4.90 Å². The average molecular weight is 416 g/mol. The molecular formula is C24H24N4O3. The molecule has 7 nitrogen and oxygen atoms in total. The predicted octanol–water partition coefficient (Wildman–Crippen LogP) is 3.72. The number of hydrogen-bond donors (Lipinski definition) is 1. The van der Waals surface area contributed by atoms with E-state index in [0.717, 1.165) is 53.9 Å². The Balaban J connectivity index is 1.38. The molecule has 3 aromatic rings. The molecule has 2 fully saturated rings. The van der Waals surface area contributed by atoms with Crippen molar-refractivity contribution in [1.29, 1.82) is 0 Å². The topological polar surface area (TPSA) is 74.8 Å². The number of nitrogens with one attached hydrogen (secondary N) is 1. The molecule has 2 aliphatic rings. The van der Waals surface area contributed by atoms with Crippen molar-refractivity contribution < 1.29 is 14.3 Å². The molecule has 158 valence electrons. The fraction of sp³-hybridized carbons (Fsp3) is 0.292. The number of benzene rings is 2. The maximum atomic E-state index is 13.2. The van der Waals surface area contributed by atoms with Gasteiger partial charge in [0.15, 0.2) is 0 Å². The van der Waals surface area contributed by atoms with E-state index in [2.05, 4.69) is 10.2 Å². The summed E-state index contributed by atoms with van der Waals surface area (Å²) in [5.74, 6) is 0.605. The number of para-hydroxylation sites is 1. The number of rotatable bonds is 5. The highest BCUT2D eigenvalue weighted by molar-refractivity contribution is 6.02. The smallest absolute Gasteiger partial charge is 0.414 e. The molecule has 1 N–H and O–H groups in total. The highest BCUT2D eigenvalue weighted by Gasteiger charge is 2.24. The maximum absolute atomic E-state index is 13.2. The molecule has 0 spiro atoms. The minimum Gasteiger partial charge on any atom is -0.447 e. The van der Waals surface area contributed by atoms with Gasteiger partial charge in [-0.3, -0.25) is 9.69 Å². The van der Waals surface area contributed by atoms with Crippen LogP contribution in [0.1, 0.15) is 28.8 Å². The third-order valence-corrected chi connectivity index (χ3v) is 5.79. The molecule has 31 heavy (non-hydrogen) atoms. The predicted molar refractivity (Wildman–Crippen MR) is 119 cm³/mol. The van der Waals surface area contributed by atoms with Crippen molar-refractivity contribution in [1.82, 2.24) is 10.3 Å². The van der Waals surface area contributed by atoms with Gasteiger partial charge in [-0.05, 0) is 42.7 Å². The van der Waals surface area contributed by atoms with E-state index >= 15 is 0 Å². The van der Waals surface area contributed by atoms with Gasteiger partial charge in [0.1, 0.15) is 12.4 Å². The molecule has 3 heterocycles. The maximum Gasteiger partial charge on any atom is 0.414 e. The normalized spacial score (nSPS) is 16.1. The van der Waals surface area contributed by atoms with Crippen LogP contribution in [-0.2, 0) is 11.3 Å². The Hall–Kier alpha value is -3.61. The highest BCUT2D eigenvalue weighted by Crippen LogP contribution is 2.27. The quantitative estimate of drug-likeness (QED) is 0.686. The van der Waals surface area contributed by atoms with Crippen LogP contribution < -0.4 is 15.1 Å². The van der Waals surface area contributed by atoms with E-state index in [9.17, 15) is 9.59 Å². The van der Waals surface area contributed by atoms with Crippen molar-refractivity contribution in [2.75, 3.05) is 36.0 Å². The summed E-state index contributed by atoms with van der Waals surface area (Å²) in [7, 11) is 0. The molecule has 7 heteroatoms. The van der Waals surface area contributed by atoms with Gasteiger partial charge in [0.2, 0.25) is 0 Å². The Labute approximate surface area is 180 Å². The Morgan fingerprint density at radius 1 is 1.03 bits per heavy atom. The van der Waals surface area contributed by atoms with Crippen LogP contribution in [0.5, 0.6) is 0 Å². The zero-order valence-electron chi connectivity index (χ0n) is 17.2. The van der Waals surface area contributed by atoms with Crippen LogP contribution in [0.2, 0.25) is 0 Å². The lowest BCUT2D eigenvalue weighted by Crippen LogP contribution is -2.28. The molecule has 0 unspecified atom stereocenters. The van der Waals surface area contributed by atoms with Gasteiger partial charge >= 0.3 is 6.09 Å². The molecule has 0 atom stereocenters. The van der Waals surface area contributed by atoms with Crippen LogP contribution in [0, 0.1) is 0 Å². The lowest BCUT2D eigenvalue weighted by molar-refractivity contribution is 0.0951. The number of amides is 2. The van der Waals surface area contributed by atoms with Crippen LogP contribution in [-0.4, -0.2) is 43.2 Å². The van der Waals surface area contributed by atoms with Crippen LogP contribution in [0.25, 0.3) is 10.9 Å². The Kier molecular flexibility index (Phi) is 5.16. The van der Waals surface area contributed by atoms with Crippen molar-refractivity contribution in [2.45, 2.75) is 19.4 Å². The number of carbonyl (C=O) groups is 2. The molecule has 5 rings (SSSR count). The number of pyridine rings is 1. The number of nitrogens with zero attached hydrogens (tertiary/aromatic N) is 3. The Bertz CT molecular complexity index is 1140. The number of anilines is 2. The molecular weight excluding hydrogens is 392 g/mol. The fourth-order valence-corrected chi connectivity index (χ4v) is 4.18. The summed E-state index contributed by atoms with van der Waals surface area (Å²) < 4.78 is 5.02. The monoisotopic (exact) mass is 416 g/mol. The van der Waals surface area contributed by atoms with Crippen molar-refractivity contribution >= 4 is 34.4 Å². The average Bonchev–Trinajstić information content (AvgIpc) is 3.49. The first-order chi connectivity index (χ1) is 15.2. The van der Waals surface area contributed by atoms with E-state index in [0.29, 0.717) is 25.3 Å². The SMILES string of the molecule is O=C(NCc1cccc(N2CCOC2=O)c1)c1cc2ccccc2nc1N1CCCC1. The van der Waals surface area contributed by atoms with E-state index in [-0.39, 0.29) is 12.0 Å². The minimum atomic E-state index is -0.335. The summed E-state index contributed by atoms with van der Waals surface area (Å²) in [6.07, 6.45) is 1.89. The van der Waals surface area contributed by atoms with Crippen molar-refractivity contribution in [2.24, 2.45) is 0 Å². The van der Waals surface area contributed by atoms with Gasteiger partial charge in [-0.2, -0.15) is 0 Å². The highest BCUT2D eigenvalue weighted by atomic mass is 16.6. The molecule has 0 radical (unpaired) electrons. The largest absolute Gasteiger partial charge is 0.447 e. The summed E-state index contributed by atoms with van der Waals surface area (Å²) in [5.41, 5.74) is 3.19. The number of fused-ring (bicyclic) bond motifs is 1. The lowest BCUT2D eigenvalue weighted by Gasteiger charge is -2.20. The van der Waals surface area contributed by atoms with Crippen molar-refractivity contribution in [3.05, 3.63) is 65.7 Å². The van der Waals surface area contributed by atoms with Crippen LogP contribution >= 0.6 is 0 Å². The van der Waals surface area contributed by atoms with Crippen molar-refractivity contribution in [3.8, 4) is 0 Å². The molecule has 0 saturated carbocycles. The second-order valence-corrected chi connectivity index (χ2v) is 7.86. The summed E-state index contributed by atoms with van der Waals surface area (Å²) in [5, 5.41) is 3.98. The molecule has 1 aromatic heterocycles. The van der Waals surface area contributed by atoms with Gasteiger partial charge < -0.3 is 15.0 Å². The number of cyclic esters (lactones) is 1. The van der Waals surface area contributed by atoms with Crippen molar-refractivity contribution in [3.63, 3.8) is 0 Å². The third-order valence-electron chi connectivity index (χ3n) is 5.79. The first kappa shape index (κ1) is 19.4.